The van der Waals surface area contributed by atoms with Crippen molar-refractivity contribution in [2.24, 2.45) is 0 Å². The summed E-state index contributed by atoms with van der Waals surface area (Å²) in [6.45, 7) is 4.55. The third-order valence-electron chi connectivity index (χ3n) is 3.60. The number of anilines is 1. The van der Waals surface area contributed by atoms with Crippen molar-refractivity contribution in [3.05, 3.63) is 69.2 Å². The number of hydrogen-bond acceptors (Lipinski definition) is 4. The van der Waals surface area contributed by atoms with E-state index in [-0.39, 0.29) is 5.69 Å². The molecule has 5 nitrogen and oxygen atoms in total. The summed E-state index contributed by atoms with van der Waals surface area (Å²) in [5.74, 6) is 0.444. The van der Waals surface area contributed by atoms with Crippen LogP contribution in [0.25, 0.3) is 0 Å². The lowest BCUT2D eigenvalue weighted by Gasteiger charge is -2.14. The Balaban J connectivity index is 1.72. The number of nitrogens with one attached hydrogen (secondary N) is 2. The molecule has 2 aromatic rings. The Bertz CT molecular complexity index is 650. The highest BCUT2D eigenvalue weighted by Gasteiger charge is 2.09. The Hall–Kier alpha value is -2.11. The molecule has 0 saturated heterocycles. The first kappa shape index (κ1) is 17.2. The lowest BCUT2D eigenvalue weighted by Crippen LogP contribution is -2.26. The molecule has 2 N–H and O–H groups in total. The fourth-order valence-corrected chi connectivity index (χ4v) is 2.51. The summed E-state index contributed by atoms with van der Waals surface area (Å²) < 4.78 is 0. The van der Waals surface area contributed by atoms with E-state index in [2.05, 4.69) is 29.7 Å². The number of non-ortho nitro benzene ring substituents is 1. The highest BCUT2D eigenvalue weighted by atomic mass is 35.5. The molecular weight excluding hydrogens is 314 g/mol. The van der Waals surface area contributed by atoms with Gasteiger partial charge in [0.1, 0.15) is 0 Å². The van der Waals surface area contributed by atoms with Gasteiger partial charge >= 0.3 is 0 Å². The average Bonchev–Trinajstić information content (AvgIpc) is 2.56. The van der Waals surface area contributed by atoms with Gasteiger partial charge in [-0.15, -0.1) is 0 Å². The van der Waals surface area contributed by atoms with Crippen molar-refractivity contribution >= 4 is 23.0 Å². The van der Waals surface area contributed by atoms with Gasteiger partial charge in [0, 0.05) is 31.8 Å². The molecule has 0 spiro atoms. The van der Waals surface area contributed by atoms with E-state index in [0.717, 1.165) is 13.1 Å². The molecule has 1 unspecified atom stereocenters. The van der Waals surface area contributed by atoms with E-state index in [0.29, 0.717) is 23.2 Å². The van der Waals surface area contributed by atoms with Gasteiger partial charge in [0.15, 0.2) is 0 Å². The van der Waals surface area contributed by atoms with Gasteiger partial charge in [0.25, 0.3) is 5.69 Å². The number of hydrogen-bond donors (Lipinski definition) is 2. The number of halogens is 1. The molecule has 0 radical (unpaired) electrons. The van der Waals surface area contributed by atoms with Crippen LogP contribution in [0.15, 0.2) is 48.5 Å². The largest absolute Gasteiger partial charge is 0.383 e. The van der Waals surface area contributed by atoms with Crippen molar-refractivity contribution < 1.29 is 4.92 Å². The van der Waals surface area contributed by atoms with Gasteiger partial charge in [-0.2, -0.15) is 0 Å². The van der Waals surface area contributed by atoms with E-state index < -0.39 is 4.92 Å². The van der Waals surface area contributed by atoms with Crippen LogP contribution in [0.3, 0.4) is 0 Å². The second-order valence-electron chi connectivity index (χ2n) is 5.36. The van der Waals surface area contributed by atoms with Crippen LogP contribution < -0.4 is 10.6 Å². The quantitative estimate of drug-likeness (QED) is 0.434. The predicted molar refractivity (Wildman–Crippen MR) is 94.3 cm³/mol. The van der Waals surface area contributed by atoms with Crippen LogP contribution in [0.2, 0.25) is 5.02 Å². The second kappa shape index (κ2) is 8.50. The van der Waals surface area contributed by atoms with Crippen molar-refractivity contribution in [1.82, 2.24) is 5.32 Å². The zero-order valence-corrected chi connectivity index (χ0v) is 13.7. The molecule has 1 atom stereocenters. The predicted octanol–water partition coefficient (Wildman–Crippen LogP) is 4.05. The van der Waals surface area contributed by atoms with E-state index in [1.165, 1.54) is 17.7 Å². The molecule has 0 aromatic heterocycles. The van der Waals surface area contributed by atoms with Crippen LogP contribution in [-0.4, -0.2) is 24.6 Å². The SMILES string of the molecule is CC(CNCCNc1ccc([N+](=O)[O-])cc1Cl)c1ccccc1. The molecule has 0 saturated carbocycles. The van der Waals surface area contributed by atoms with E-state index >= 15 is 0 Å². The maximum atomic E-state index is 10.7. The van der Waals surface area contributed by atoms with Gasteiger partial charge < -0.3 is 10.6 Å². The molecule has 0 amide bonds. The fourth-order valence-electron chi connectivity index (χ4n) is 2.26. The number of nitrogens with zero attached hydrogens (tertiary/aromatic N) is 1. The molecule has 0 bridgehead atoms. The topological polar surface area (TPSA) is 67.2 Å². The third-order valence-corrected chi connectivity index (χ3v) is 3.91. The van der Waals surface area contributed by atoms with E-state index in [4.69, 9.17) is 11.6 Å². The van der Waals surface area contributed by atoms with Crippen molar-refractivity contribution in [2.75, 3.05) is 25.0 Å². The van der Waals surface area contributed by atoms with Crippen molar-refractivity contribution in [1.29, 1.82) is 0 Å². The Morgan fingerprint density at radius 1 is 1.17 bits per heavy atom. The van der Waals surface area contributed by atoms with E-state index in [1.54, 1.807) is 6.07 Å². The first-order chi connectivity index (χ1) is 11.1. The van der Waals surface area contributed by atoms with Crippen LogP contribution in [0.1, 0.15) is 18.4 Å². The Kier molecular flexibility index (Phi) is 6.38. The summed E-state index contributed by atoms with van der Waals surface area (Å²) in [5, 5.41) is 17.6. The highest BCUT2D eigenvalue weighted by molar-refractivity contribution is 6.33. The number of nitro groups is 1. The zero-order valence-electron chi connectivity index (χ0n) is 13.0. The monoisotopic (exact) mass is 333 g/mol. The standard InChI is InChI=1S/C17H20ClN3O2/c1-13(14-5-3-2-4-6-14)12-19-9-10-20-17-8-7-15(21(22)23)11-16(17)18/h2-8,11,13,19-20H,9-10,12H2,1H3. The second-order valence-corrected chi connectivity index (χ2v) is 5.77. The maximum Gasteiger partial charge on any atom is 0.271 e. The maximum absolute atomic E-state index is 10.7. The number of benzene rings is 2. The molecule has 0 fully saturated rings. The summed E-state index contributed by atoms with van der Waals surface area (Å²) in [7, 11) is 0. The molecule has 23 heavy (non-hydrogen) atoms. The molecule has 0 aliphatic carbocycles. The molecule has 6 heteroatoms. The van der Waals surface area contributed by atoms with Gasteiger partial charge in [-0.25, -0.2) is 0 Å². The minimum atomic E-state index is -0.456. The molecule has 0 heterocycles. The highest BCUT2D eigenvalue weighted by Crippen LogP contribution is 2.26. The van der Waals surface area contributed by atoms with Crippen LogP contribution >= 0.6 is 11.6 Å². The molecule has 2 rings (SSSR count). The smallest absolute Gasteiger partial charge is 0.271 e. The van der Waals surface area contributed by atoms with Gasteiger partial charge in [-0.1, -0.05) is 48.9 Å². The lowest BCUT2D eigenvalue weighted by molar-refractivity contribution is -0.384. The molecule has 122 valence electrons. The Labute approximate surface area is 140 Å². The average molecular weight is 334 g/mol. The fraction of sp³-hybridized carbons (Fsp3) is 0.294. The van der Waals surface area contributed by atoms with Crippen molar-refractivity contribution in [2.45, 2.75) is 12.8 Å². The molecular formula is C17H20ClN3O2. The van der Waals surface area contributed by atoms with Crippen LogP contribution in [0.5, 0.6) is 0 Å². The van der Waals surface area contributed by atoms with E-state index in [9.17, 15) is 10.1 Å². The van der Waals surface area contributed by atoms with Crippen LogP contribution in [0, 0.1) is 10.1 Å². The van der Waals surface area contributed by atoms with Gasteiger partial charge in [-0.05, 0) is 17.5 Å². The summed E-state index contributed by atoms with van der Waals surface area (Å²) in [4.78, 5) is 10.2. The van der Waals surface area contributed by atoms with Crippen molar-refractivity contribution in [3.8, 4) is 0 Å². The normalized spacial score (nSPS) is 11.9. The lowest BCUT2D eigenvalue weighted by atomic mass is 10.0. The van der Waals surface area contributed by atoms with E-state index in [1.807, 2.05) is 18.2 Å². The third kappa shape index (κ3) is 5.23. The Morgan fingerprint density at radius 3 is 2.57 bits per heavy atom. The van der Waals surface area contributed by atoms with Crippen LogP contribution in [0.4, 0.5) is 11.4 Å². The number of rotatable bonds is 8. The summed E-state index contributed by atoms with van der Waals surface area (Å²) >= 11 is 6.03. The van der Waals surface area contributed by atoms with Gasteiger partial charge in [0.05, 0.1) is 15.6 Å². The van der Waals surface area contributed by atoms with Gasteiger partial charge in [-0.3, -0.25) is 10.1 Å². The summed E-state index contributed by atoms with van der Waals surface area (Å²) in [6, 6.07) is 14.8. The van der Waals surface area contributed by atoms with Gasteiger partial charge in [0.2, 0.25) is 0 Å². The summed E-state index contributed by atoms with van der Waals surface area (Å²) in [5.41, 5.74) is 2.01. The molecule has 0 aliphatic heterocycles. The number of nitro benzene ring substituents is 1. The minimum Gasteiger partial charge on any atom is -0.383 e. The summed E-state index contributed by atoms with van der Waals surface area (Å²) in [6.07, 6.45) is 0. The Morgan fingerprint density at radius 2 is 1.91 bits per heavy atom. The first-order valence-corrected chi connectivity index (χ1v) is 7.89. The molecule has 2 aromatic carbocycles. The molecule has 0 aliphatic rings. The minimum absolute atomic E-state index is 0.00430. The van der Waals surface area contributed by atoms with Crippen molar-refractivity contribution in [3.63, 3.8) is 0 Å². The zero-order chi connectivity index (χ0) is 16.7. The van der Waals surface area contributed by atoms with Crippen LogP contribution in [-0.2, 0) is 0 Å². The first-order valence-electron chi connectivity index (χ1n) is 7.51.